The molecule has 0 bridgehead atoms. The molecule has 0 aliphatic carbocycles. The molecule has 3 nitrogen and oxygen atoms in total. The van der Waals surface area contributed by atoms with Gasteiger partial charge in [-0.05, 0) is 33.1 Å². The van der Waals surface area contributed by atoms with Gasteiger partial charge in [0.1, 0.15) is 0 Å². The molecule has 0 aromatic heterocycles. The zero-order chi connectivity index (χ0) is 11.3. The summed E-state index contributed by atoms with van der Waals surface area (Å²) in [5.41, 5.74) is -0.379. The van der Waals surface area contributed by atoms with Gasteiger partial charge in [-0.1, -0.05) is 13.3 Å². The van der Waals surface area contributed by atoms with Crippen molar-refractivity contribution in [1.82, 2.24) is 0 Å². The molecule has 1 aliphatic rings. The van der Waals surface area contributed by atoms with Gasteiger partial charge in [0.05, 0.1) is 12.0 Å². The first-order chi connectivity index (χ1) is 7.06. The predicted molar refractivity (Wildman–Crippen MR) is 58.4 cm³/mol. The zero-order valence-corrected chi connectivity index (χ0v) is 10.0. The summed E-state index contributed by atoms with van der Waals surface area (Å²) in [4.78, 5) is 11.8. The van der Waals surface area contributed by atoms with Crippen LogP contribution in [-0.4, -0.2) is 18.9 Å². The maximum Gasteiger partial charge on any atom is 0.313 e. The molecule has 3 heteroatoms. The molecule has 0 N–H and O–H groups in total. The van der Waals surface area contributed by atoms with E-state index < -0.39 is 0 Å². The van der Waals surface area contributed by atoms with Gasteiger partial charge in [-0.15, -0.1) is 0 Å². The van der Waals surface area contributed by atoms with E-state index >= 15 is 0 Å². The Bertz CT molecular complexity index is 205. The Morgan fingerprint density at radius 2 is 2.20 bits per heavy atom. The van der Waals surface area contributed by atoms with E-state index in [4.69, 9.17) is 9.47 Å². The van der Waals surface area contributed by atoms with Crippen LogP contribution in [0.15, 0.2) is 0 Å². The quantitative estimate of drug-likeness (QED) is 0.675. The molecule has 1 saturated heterocycles. The molecule has 0 aromatic carbocycles. The average molecular weight is 214 g/mol. The van der Waals surface area contributed by atoms with Crippen molar-refractivity contribution in [2.45, 2.75) is 59.2 Å². The third-order valence-electron chi connectivity index (χ3n) is 2.80. The largest absolute Gasteiger partial charge is 0.435 e. The van der Waals surface area contributed by atoms with Gasteiger partial charge in [0.15, 0.2) is 0 Å². The number of carbonyl (C=O) groups is 1. The molecule has 0 spiro atoms. The van der Waals surface area contributed by atoms with Gasteiger partial charge in [0, 0.05) is 6.42 Å². The normalized spacial score (nSPS) is 22.5. The Balaban J connectivity index is 2.39. The van der Waals surface area contributed by atoms with Crippen molar-refractivity contribution in [1.29, 1.82) is 0 Å². The maximum atomic E-state index is 11.8. The molecule has 1 unspecified atom stereocenters. The first-order valence-corrected chi connectivity index (χ1v) is 5.89. The van der Waals surface area contributed by atoms with Gasteiger partial charge in [0.2, 0.25) is 6.29 Å². The van der Waals surface area contributed by atoms with E-state index in [1.165, 1.54) is 0 Å². The Morgan fingerprint density at radius 1 is 1.47 bits per heavy atom. The molecule has 88 valence electrons. The second-order valence-corrected chi connectivity index (χ2v) is 4.84. The van der Waals surface area contributed by atoms with Gasteiger partial charge in [-0.25, -0.2) is 0 Å². The third-order valence-corrected chi connectivity index (χ3v) is 2.80. The van der Waals surface area contributed by atoms with Crippen LogP contribution >= 0.6 is 0 Å². The Hall–Kier alpha value is -0.570. The SMILES string of the molecule is CCCC(C)(C)C(=O)OC1CCCCO1. The minimum Gasteiger partial charge on any atom is -0.435 e. The molecule has 1 aliphatic heterocycles. The number of rotatable bonds is 4. The Labute approximate surface area is 92.1 Å². The van der Waals surface area contributed by atoms with Crippen molar-refractivity contribution in [3.05, 3.63) is 0 Å². The Kier molecular flexibility index (Phi) is 4.58. The van der Waals surface area contributed by atoms with E-state index in [0.29, 0.717) is 6.61 Å². The zero-order valence-electron chi connectivity index (χ0n) is 10.0. The summed E-state index contributed by atoms with van der Waals surface area (Å²) in [6.45, 7) is 6.65. The van der Waals surface area contributed by atoms with Crippen LogP contribution in [0.1, 0.15) is 52.9 Å². The van der Waals surface area contributed by atoms with Crippen molar-refractivity contribution < 1.29 is 14.3 Å². The van der Waals surface area contributed by atoms with Crippen LogP contribution in [0.4, 0.5) is 0 Å². The summed E-state index contributed by atoms with van der Waals surface area (Å²) in [5, 5.41) is 0. The van der Waals surface area contributed by atoms with E-state index in [2.05, 4.69) is 6.92 Å². The Morgan fingerprint density at radius 3 is 2.73 bits per heavy atom. The van der Waals surface area contributed by atoms with Crippen LogP contribution in [-0.2, 0) is 14.3 Å². The predicted octanol–water partition coefficient (Wildman–Crippen LogP) is 2.88. The molecule has 0 saturated carbocycles. The fraction of sp³-hybridized carbons (Fsp3) is 0.917. The monoisotopic (exact) mass is 214 g/mol. The molecule has 1 rings (SSSR count). The van der Waals surface area contributed by atoms with Crippen LogP contribution in [0.2, 0.25) is 0 Å². The van der Waals surface area contributed by atoms with Gasteiger partial charge in [-0.2, -0.15) is 0 Å². The minimum absolute atomic E-state index is 0.128. The average Bonchev–Trinajstić information content (AvgIpc) is 2.19. The minimum atomic E-state index is -0.379. The lowest BCUT2D eigenvalue weighted by Crippen LogP contribution is -2.33. The lowest BCUT2D eigenvalue weighted by molar-refractivity contribution is -0.196. The van der Waals surface area contributed by atoms with Crippen molar-refractivity contribution in [3.8, 4) is 0 Å². The van der Waals surface area contributed by atoms with Crippen molar-refractivity contribution in [2.75, 3.05) is 6.61 Å². The maximum absolute atomic E-state index is 11.8. The third kappa shape index (κ3) is 3.82. The summed E-state index contributed by atoms with van der Waals surface area (Å²) in [7, 11) is 0. The van der Waals surface area contributed by atoms with E-state index in [9.17, 15) is 4.79 Å². The van der Waals surface area contributed by atoms with Crippen molar-refractivity contribution in [3.63, 3.8) is 0 Å². The summed E-state index contributed by atoms with van der Waals surface area (Å²) in [6, 6.07) is 0. The van der Waals surface area contributed by atoms with Gasteiger partial charge < -0.3 is 9.47 Å². The van der Waals surface area contributed by atoms with Crippen LogP contribution in [0, 0.1) is 5.41 Å². The number of esters is 1. The van der Waals surface area contributed by atoms with E-state index in [0.717, 1.165) is 32.1 Å². The smallest absolute Gasteiger partial charge is 0.313 e. The first-order valence-electron chi connectivity index (χ1n) is 5.89. The van der Waals surface area contributed by atoms with Crippen LogP contribution in [0.3, 0.4) is 0 Å². The molecule has 1 heterocycles. The molecule has 0 aromatic rings. The van der Waals surface area contributed by atoms with Crippen LogP contribution < -0.4 is 0 Å². The molecule has 0 radical (unpaired) electrons. The van der Waals surface area contributed by atoms with Crippen LogP contribution in [0.5, 0.6) is 0 Å². The summed E-state index contributed by atoms with van der Waals surface area (Å²) in [6.07, 6.45) is 4.56. The number of hydrogen-bond acceptors (Lipinski definition) is 3. The standard InChI is InChI=1S/C12H22O3/c1-4-8-12(2,3)11(13)15-10-7-5-6-9-14-10/h10H,4-9H2,1-3H3. The van der Waals surface area contributed by atoms with Crippen LogP contribution in [0.25, 0.3) is 0 Å². The highest BCUT2D eigenvalue weighted by Gasteiger charge is 2.31. The highest BCUT2D eigenvalue weighted by molar-refractivity contribution is 5.75. The van der Waals surface area contributed by atoms with Gasteiger partial charge in [0.25, 0.3) is 0 Å². The van der Waals surface area contributed by atoms with Crippen molar-refractivity contribution >= 4 is 5.97 Å². The highest BCUT2D eigenvalue weighted by atomic mass is 16.7. The molecule has 1 atom stereocenters. The number of ether oxygens (including phenoxy) is 2. The fourth-order valence-corrected chi connectivity index (χ4v) is 1.81. The van der Waals surface area contributed by atoms with Gasteiger partial charge in [-0.3, -0.25) is 4.79 Å². The molecular formula is C12H22O3. The highest BCUT2D eigenvalue weighted by Crippen LogP contribution is 2.26. The number of hydrogen-bond donors (Lipinski definition) is 0. The summed E-state index contributed by atoms with van der Waals surface area (Å²) in [5.74, 6) is -0.128. The lowest BCUT2D eigenvalue weighted by Gasteiger charge is -2.28. The topological polar surface area (TPSA) is 35.5 Å². The molecule has 1 fully saturated rings. The second-order valence-electron chi connectivity index (χ2n) is 4.84. The van der Waals surface area contributed by atoms with Gasteiger partial charge >= 0.3 is 5.97 Å². The number of carbonyl (C=O) groups excluding carboxylic acids is 1. The first kappa shape index (κ1) is 12.5. The van der Waals surface area contributed by atoms with E-state index in [1.807, 2.05) is 13.8 Å². The molecule has 0 amide bonds. The summed E-state index contributed by atoms with van der Waals surface area (Å²) < 4.78 is 10.7. The molecular weight excluding hydrogens is 192 g/mol. The second kappa shape index (κ2) is 5.50. The van der Waals surface area contributed by atoms with Crippen molar-refractivity contribution in [2.24, 2.45) is 5.41 Å². The summed E-state index contributed by atoms with van der Waals surface area (Å²) >= 11 is 0. The fourth-order valence-electron chi connectivity index (χ4n) is 1.81. The lowest BCUT2D eigenvalue weighted by atomic mass is 9.88. The van der Waals surface area contributed by atoms with E-state index in [-0.39, 0.29) is 17.7 Å². The molecule has 15 heavy (non-hydrogen) atoms. The van der Waals surface area contributed by atoms with E-state index in [1.54, 1.807) is 0 Å².